The molecule has 1 aromatic carbocycles. The quantitative estimate of drug-likeness (QED) is 0.901. The van der Waals surface area contributed by atoms with E-state index < -0.39 is 0 Å². The standard InChI is InChI=1S/C18H28N2O/c1-18(9-10-19-14-18)15-20-11-7-17(8-12-20)21-13-16-5-3-2-4-6-16/h2-6,17,19H,7-15H2,1H3. The van der Waals surface area contributed by atoms with E-state index in [4.69, 9.17) is 4.74 Å². The van der Waals surface area contributed by atoms with Crippen molar-refractivity contribution < 1.29 is 4.74 Å². The molecular formula is C18H28N2O. The van der Waals surface area contributed by atoms with Crippen LogP contribution >= 0.6 is 0 Å². The van der Waals surface area contributed by atoms with E-state index in [2.05, 4.69) is 47.5 Å². The zero-order chi connectivity index (χ0) is 14.5. The number of nitrogens with zero attached hydrogens (tertiary/aromatic N) is 1. The zero-order valence-corrected chi connectivity index (χ0v) is 13.2. The molecule has 0 aromatic heterocycles. The first-order valence-corrected chi connectivity index (χ1v) is 8.32. The van der Waals surface area contributed by atoms with Crippen molar-refractivity contribution in [1.82, 2.24) is 10.2 Å². The van der Waals surface area contributed by atoms with Gasteiger partial charge in [0.15, 0.2) is 0 Å². The van der Waals surface area contributed by atoms with Gasteiger partial charge in [-0.3, -0.25) is 0 Å². The highest BCUT2D eigenvalue weighted by Crippen LogP contribution is 2.27. The van der Waals surface area contributed by atoms with Crippen molar-refractivity contribution in [2.75, 3.05) is 32.7 Å². The van der Waals surface area contributed by atoms with Gasteiger partial charge in [-0.1, -0.05) is 37.3 Å². The van der Waals surface area contributed by atoms with E-state index in [9.17, 15) is 0 Å². The van der Waals surface area contributed by atoms with E-state index in [0.717, 1.165) is 6.61 Å². The molecule has 0 radical (unpaired) electrons. The second-order valence-electron chi connectivity index (χ2n) is 7.01. The highest BCUT2D eigenvalue weighted by atomic mass is 16.5. The fourth-order valence-electron chi connectivity index (χ4n) is 3.57. The molecule has 3 nitrogen and oxygen atoms in total. The molecule has 2 saturated heterocycles. The predicted octanol–water partition coefficient (Wildman–Crippen LogP) is 2.67. The van der Waals surface area contributed by atoms with E-state index in [1.165, 1.54) is 57.5 Å². The Hall–Kier alpha value is -0.900. The van der Waals surface area contributed by atoms with Gasteiger partial charge >= 0.3 is 0 Å². The fourth-order valence-corrected chi connectivity index (χ4v) is 3.57. The molecule has 1 unspecified atom stereocenters. The average molecular weight is 288 g/mol. The van der Waals surface area contributed by atoms with Crippen LogP contribution < -0.4 is 5.32 Å². The van der Waals surface area contributed by atoms with Crippen LogP contribution in [0.2, 0.25) is 0 Å². The van der Waals surface area contributed by atoms with E-state index in [1.54, 1.807) is 0 Å². The van der Waals surface area contributed by atoms with Gasteiger partial charge in [-0.2, -0.15) is 0 Å². The van der Waals surface area contributed by atoms with Crippen molar-refractivity contribution in [3.63, 3.8) is 0 Å². The summed E-state index contributed by atoms with van der Waals surface area (Å²) in [5.74, 6) is 0. The average Bonchev–Trinajstić information content (AvgIpc) is 2.94. The Kier molecular flexibility index (Phi) is 4.94. The predicted molar refractivity (Wildman–Crippen MR) is 86.3 cm³/mol. The topological polar surface area (TPSA) is 24.5 Å². The summed E-state index contributed by atoms with van der Waals surface area (Å²) in [4.78, 5) is 2.63. The maximum Gasteiger partial charge on any atom is 0.0720 e. The zero-order valence-electron chi connectivity index (χ0n) is 13.2. The van der Waals surface area contributed by atoms with E-state index in [1.807, 2.05) is 0 Å². The molecule has 21 heavy (non-hydrogen) atoms. The molecule has 2 aliphatic heterocycles. The highest BCUT2D eigenvalue weighted by Gasteiger charge is 2.32. The first-order valence-electron chi connectivity index (χ1n) is 8.32. The molecule has 0 amide bonds. The van der Waals surface area contributed by atoms with Crippen LogP contribution in [-0.2, 0) is 11.3 Å². The Bertz CT molecular complexity index is 420. The Labute approximate surface area is 128 Å². The lowest BCUT2D eigenvalue weighted by atomic mass is 9.88. The first kappa shape index (κ1) is 15.0. The van der Waals surface area contributed by atoms with Gasteiger partial charge in [0, 0.05) is 26.2 Å². The molecule has 1 N–H and O–H groups in total. The van der Waals surface area contributed by atoms with Crippen LogP contribution in [-0.4, -0.2) is 43.7 Å². The van der Waals surface area contributed by atoms with Gasteiger partial charge in [0.2, 0.25) is 0 Å². The van der Waals surface area contributed by atoms with Crippen molar-refractivity contribution in [3.8, 4) is 0 Å². The molecule has 3 heteroatoms. The van der Waals surface area contributed by atoms with E-state index in [-0.39, 0.29) is 0 Å². The summed E-state index contributed by atoms with van der Waals surface area (Å²) >= 11 is 0. The minimum absolute atomic E-state index is 0.441. The van der Waals surface area contributed by atoms with Gasteiger partial charge in [0.05, 0.1) is 12.7 Å². The summed E-state index contributed by atoms with van der Waals surface area (Å²) in [6, 6.07) is 10.5. The monoisotopic (exact) mass is 288 g/mol. The number of piperidine rings is 1. The molecule has 3 rings (SSSR count). The number of benzene rings is 1. The van der Waals surface area contributed by atoms with Gasteiger partial charge in [-0.25, -0.2) is 0 Å². The van der Waals surface area contributed by atoms with Crippen LogP contribution in [0, 0.1) is 5.41 Å². The maximum absolute atomic E-state index is 6.07. The summed E-state index contributed by atoms with van der Waals surface area (Å²) in [6.07, 6.45) is 4.11. The van der Waals surface area contributed by atoms with Crippen LogP contribution in [0.4, 0.5) is 0 Å². The van der Waals surface area contributed by atoms with Gasteiger partial charge in [0.1, 0.15) is 0 Å². The molecule has 0 spiro atoms. The van der Waals surface area contributed by atoms with Gasteiger partial charge < -0.3 is 15.0 Å². The van der Waals surface area contributed by atoms with Crippen LogP contribution in [0.3, 0.4) is 0 Å². The van der Waals surface area contributed by atoms with Crippen LogP contribution in [0.5, 0.6) is 0 Å². The number of hydrogen-bond acceptors (Lipinski definition) is 3. The Balaban J connectivity index is 1.39. The normalized spacial score (nSPS) is 28.0. The van der Waals surface area contributed by atoms with Crippen LogP contribution in [0.15, 0.2) is 30.3 Å². The highest BCUT2D eigenvalue weighted by molar-refractivity contribution is 5.13. The fraction of sp³-hybridized carbons (Fsp3) is 0.667. The molecule has 2 aliphatic rings. The molecule has 0 saturated carbocycles. The molecule has 1 atom stereocenters. The first-order chi connectivity index (χ1) is 10.2. The molecule has 116 valence electrons. The maximum atomic E-state index is 6.07. The van der Waals surface area contributed by atoms with Crippen molar-refractivity contribution in [3.05, 3.63) is 35.9 Å². The summed E-state index contributed by atoms with van der Waals surface area (Å²) < 4.78 is 6.07. The van der Waals surface area contributed by atoms with Crippen LogP contribution in [0.25, 0.3) is 0 Å². The lowest BCUT2D eigenvalue weighted by Crippen LogP contribution is -2.43. The molecular weight excluding hydrogens is 260 g/mol. The molecule has 2 fully saturated rings. The van der Waals surface area contributed by atoms with Crippen molar-refractivity contribution in [2.24, 2.45) is 5.41 Å². The lowest BCUT2D eigenvalue weighted by Gasteiger charge is -2.37. The molecule has 1 aromatic rings. The van der Waals surface area contributed by atoms with Crippen molar-refractivity contribution in [2.45, 2.75) is 38.9 Å². The minimum atomic E-state index is 0.441. The molecule has 0 aliphatic carbocycles. The number of rotatable bonds is 5. The van der Waals surface area contributed by atoms with E-state index in [0.29, 0.717) is 11.5 Å². The number of hydrogen-bond donors (Lipinski definition) is 1. The molecule has 2 heterocycles. The van der Waals surface area contributed by atoms with Crippen molar-refractivity contribution in [1.29, 1.82) is 0 Å². The minimum Gasteiger partial charge on any atom is -0.373 e. The van der Waals surface area contributed by atoms with Gasteiger partial charge in [-0.05, 0) is 36.8 Å². The second kappa shape index (κ2) is 6.91. The smallest absolute Gasteiger partial charge is 0.0720 e. The lowest BCUT2D eigenvalue weighted by molar-refractivity contribution is -0.00856. The number of ether oxygens (including phenoxy) is 1. The van der Waals surface area contributed by atoms with Crippen LogP contribution in [0.1, 0.15) is 31.7 Å². The Morgan fingerprint density at radius 3 is 2.67 bits per heavy atom. The number of likely N-dealkylation sites (tertiary alicyclic amines) is 1. The largest absolute Gasteiger partial charge is 0.373 e. The summed E-state index contributed by atoms with van der Waals surface area (Å²) in [7, 11) is 0. The second-order valence-corrected chi connectivity index (χ2v) is 7.01. The third-order valence-electron chi connectivity index (χ3n) is 4.93. The SMILES string of the molecule is CC1(CN2CCC(OCc3ccccc3)CC2)CCNC1. The van der Waals surface area contributed by atoms with Gasteiger partial charge in [-0.15, -0.1) is 0 Å². The third-order valence-corrected chi connectivity index (χ3v) is 4.93. The van der Waals surface area contributed by atoms with Gasteiger partial charge in [0.25, 0.3) is 0 Å². The summed E-state index contributed by atoms with van der Waals surface area (Å²) in [5.41, 5.74) is 1.77. The molecule has 0 bridgehead atoms. The Morgan fingerprint density at radius 1 is 1.24 bits per heavy atom. The van der Waals surface area contributed by atoms with E-state index >= 15 is 0 Å². The summed E-state index contributed by atoms with van der Waals surface area (Å²) in [6.45, 7) is 9.16. The number of nitrogens with one attached hydrogen (secondary N) is 1. The third kappa shape index (κ3) is 4.29. The van der Waals surface area contributed by atoms with Crippen molar-refractivity contribution >= 4 is 0 Å². The Morgan fingerprint density at radius 2 is 2.00 bits per heavy atom. The summed E-state index contributed by atoms with van der Waals surface area (Å²) in [5, 5.41) is 3.50.